The van der Waals surface area contributed by atoms with Crippen LogP contribution in [0.15, 0.2) is 24.3 Å². The van der Waals surface area contributed by atoms with E-state index in [1.807, 2.05) is 0 Å². The fourth-order valence-corrected chi connectivity index (χ4v) is 3.57. The Morgan fingerprint density at radius 1 is 1.06 bits per heavy atom. The molecule has 0 bridgehead atoms. The molecular formula is C15H21IN2. The summed E-state index contributed by atoms with van der Waals surface area (Å²) in [4.78, 5) is 5.34. The van der Waals surface area contributed by atoms with E-state index in [2.05, 4.69) is 56.7 Å². The summed E-state index contributed by atoms with van der Waals surface area (Å²) >= 11 is 2.37. The number of rotatable bonds is 2. The quantitative estimate of drug-likeness (QED) is 0.752. The summed E-state index contributed by atoms with van der Waals surface area (Å²) in [6, 6.07) is 9.81. The summed E-state index contributed by atoms with van der Waals surface area (Å²) in [5.41, 5.74) is 1.46. The zero-order valence-corrected chi connectivity index (χ0v) is 13.0. The van der Waals surface area contributed by atoms with E-state index in [-0.39, 0.29) is 0 Å². The lowest BCUT2D eigenvalue weighted by atomic mass is 9.99. The van der Waals surface area contributed by atoms with Crippen molar-refractivity contribution in [3.63, 3.8) is 0 Å². The van der Waals surface area contributed by atoms with Gasteiger partial charge in [-0.25, -0.2) is 0 Å². The lowest BCUT2D eigenvalue weighted by Gasteiger charge is -2.44. The van der Waals surface area contributed by atoms with Crippen LogP contribution >= 0.6 is 22.6 Å². The summed E-state index contributed by atoms with van der Waals surface area (Å²) in [6.45, 7) is 6.24. The number of piperazine rings is 1. The van der Waals surface area contributed by atoms with Crippen LogP contribution in [0.5, 0.6) is 0 Å². The fourth-order valence-electron chi connectivity index (χ4n) is 3.21. The Balaban J connectivity index is 1.59. The highest BCUT2D eigenvalue weighted by Gasteiger charge is 2.28. The van der Waals surface area contributed by atoms with E-state index in [4.69, 9.17) is 0 Å². The molecule has 0 saturated carbocycles. The minimum atomic E-state index is 0.830. The maximum absolute atomic E-state index is 2.70. The molecule has 98 valence electrons. The maximum atomic E-state index is 2.70. The highest BCUT2D eigenvalue weighted by Crippen LogP contribution is 2.22. The molecule has 2 heterocycles. The van der Waals surface area contributed by atoms with Crippen molar-refractivity contribution in [1.82, 2.24) is 9.80 Å². The first-order valence-corrected chi connectivity index (χ1v) is 8.10. The molecule has 0 amide bonds. The summed E-state index contributed by atoms with van der Waals surface area (Å²) in [6.07, 6.45) is 4.25. The second-order valence-electron chi connectivity index (χ2n) is 5.55. The third kappa shape index (κ3) is 3.06. The molecule has 2 saturated heterocycles. The average Bonchev–Trinajstić information content (AvgIpc) is 2.41. The van der Waals surface area contributed by atoms with Gasteiger partial charge in [-0.1, -0.05) is 18.6 Å². The van der Waals surface area contributed by atoms with Crippen molar-refractivity contribution < 1.29 is 0 Å². The highest BCUT2D eigenvalue weighted by atomic mass is 127. The zero-order chi connectivity index (χ0) is 12.4. The molecule has 3 heteroatoms. The largest absolute Gasteiger partial charge is 0.298 e. The van der Waals surface area contributed by atoms with Crippen LogP contribution in [0, 0.1) is 3.57 Å². The number of hydrogen-bond acceptors (Lipinski definition) is 2. The lowest BCUT2D eigenvalue weighted by molar-refractivity contribution is 0.0457. The van der Waals surface area contributed by atoms with Gasteiger partial charge in [0.05, 0.1) is 0 Å². The van der Waals surface area contributed by atoms with Crippen molar-refractivity contribution >= 4 is 22.6 Å². The third-order valence-corrected chi connectivity index (χ3v) is 4.96. The van der Waals surface area contributed by atoms with Gasteiger partial charge < -0.3 is 0 Å². The maximum Gasteiger partial charge on any atom is 0.0234 e. The van der Waals surface area contributed by atoms with Crippen molar-refractivity contribution in [2.45, 2.75) is 31.8 Å². The number of hydrogen-bond donors (Lipinski definition) is 0. The second kappa shape index (κ2) is 5.88. The molecule has 0 radical (unpaired) electrons. The molecule has 0 aliphatic carbocycles. The first-order valence-electron chi connectivity index (χ1n) is 7.02. The number of halogens is 1. The molecule has 3 rings (SSSR count). The van der Waals surface area contributed by atoms with E-state index < -0.39 is 0 Å². The van der Waals surface area contributed by atoms with Crippen LogP contribution in [-0.4, -0.2) is 42.0 Å². The molecule has 2 aliphatic heterocycles. The number of piperidine rings is 1. The lowest BCUT2D eigenvalue weighted by Crippen LogP contribution is -2.54. The van der Waals surface area contributed by atoms with Gasteiger partial charge in [-0.05, 0) is 59.7 Å². The van der Waals surface area contributed by atoms with Gasteiger partial charge in [0.15, 0.2) is 0 Å². The third-order valence-electron chi connectivity index (χ3n) is 4.24. The van der Waals surface area contributed by atoms with Gasteiger partial charge in [-0.2, -0.15) is 0 Å². The first-order chi connectivity index (χ1) is 8.81. The summed E-state index contributed by atoms with van der Waals surface area (Å²) < 4.78 is 1.33. The Bertz CT molecular complexity index is 390. The molecule has 2 aliphatic rings. The van der Waals surface area contributed by atoms with Crippen LogP contribution in [0.3, 0.4) is 0 Å². The minimum absolute atomic E-state index is 0.830. The predicted molar refractivity (Wildman–Crippen MR) is 83.6 cm³/mol. The van der Waals surface area contributed by atoms with Crippen molar-refractivity contribution in [3.8, 4) is 0 Å². The minimum Gasteiger partial charge on any atom is -0.298 e. The molecule has 0 aromatic heterocycles. The molecule has 1 aromatic carbocycles. The van der Waals surface area contributed by atoms with Gasteiger partial charge >= 0.3 is 0 Å². The molecule has 18 heavy (non-hydrogen) atoms. The Hall–Kier alpha value is -0.130. The van der Waals surface area contributed by atoms with E-state index in [0.717, 1.165) is 12.6 Å². The van der Waals surface area contributed by atoms with Crippen LogP contribution in [0.2, 0.25) is 0 Å². The highest BCUT2D eigenvalue weighted by molar-refractivity contribution is 14.1. The summed E-state index contributed by atoms with van der Waals surface area (Å²) in [5, 5.41) is 0. The van der Waals surface area contributed by atoms with Crippen LogP contribution in [0.4, 0.5) is 0 Å². The van der Waals surface area contributed by atoms with Crippen LogP contribution in [-0.2, 0) is 6.54 Å². The van der Waals surface area contributed by atoms with Crippen molar-refractivity contribution in [2.75, 3.05) is 26.2 Å². The van der Waals surface area contributed by atoms with Gasteiger partial charge in [0.25, 0.3) is 0 Å². The van der Waals surface area contributed by atoms with E-state index in [1.54, 1.807) is 0 Å². The zero-order valence-electron chi connectivity index (χ0n) is 10.8. The molecule has 1 atom stereocenters. The van der Waals surface area contributed by atoms with E-state index in [9.17, 15) is 0 Å². The van der Waals surface area contributed by atoms with Crippen molar-refractivity contribution in [3.05, 3.63) is 33.4 Å². The van der Waals surface area contributed by atoms with Gasteiger partial charge in [0.2, 0.25) is 0 Å². The first kappa shape index (κ1) is 12.9. The smallest absolute Gasteiger partial charge is 0.0234 e. The number of nitrogens with zero attached hydrogens (tertiary/aromatic N) is 2. The molecule has 0 N–H and O–H groups in total. The van der Waals surface area contributed by atoms with Gasteiger partial charge in [-0.3, -0.25) is 9.80 Å². The molecule has 1 unspecified atom stereocenters. The molecule has 0 spiro atoms. The molecule has 1 aromatic rings. The van der Waals surface area contributed by atoms with E-state index in [0.29, 0.717) is 0 Å². The second-order valence-corrected chi connectivity index (χ2v) is 6.79. The standard InChI is InChI=1S/C15H21IN2/c16-14-6-4-13(5-7-14)11-17-9-10-18-8-2-1-3-15(18)12-17/h4-7,15H,1-3,8-12H2. The Labute approximate surface area is 123 Å². The van der Waals surface area contributed by atoms with E-state index >= 15 is 0 Å². The molecule has 2 nitrogen and oxygen atoms in total. The van der Waals surface area contributed by atoms with Crippen molar-refractivity contribution in [2.24, 2.45) is 0 Å². The Morgan fingerprint density at radius 3 is 2.72 bits per heavy atom. The fraction of sp³-hybridized carbons (Fsp3) is 0.600. The van der Waals surface area contributed by atoms with Gasteiger partial charge in [-0.15, -0.1) is 0 Å². The van der Waals surface area contributed by atoms with Crippen molar-refractivity contribution in [1.29, 1.82) is 0 Å². The molecular weight excluding hydrogens is 335 g/mol. The van der Waals surface area contributed by atoms with E-state index in [1.165, 1.54) is 54.6 Å². The number of fused-ring (bicyclic) bond motifs is 1. The average molecular weight is 356 g/mol. The summed E-state index contributed by atoms with van der Waals surface area (Å²) in [7, 11) is 0. The van der Waals surface area contributed by atoms with Crippen LogP contribution in [0.1, 0.15) is 24.8 Å². The summed E-state index contributed by atoms with van der Waals surface area (Å²) in [5.74, 6) is 0. The number of benzene rings is 1. The molecule has 2 fully saturated rings. The SMILES string of the molecule is Ic1ccc(CN2CCN3CCCCC3C2)cc1. The monoisotopic (exact) mass is 356 g/mol. The Kier molecular flexibility index (Phi) is 4.21. The predicted octanol–water partition coefficient (Wildman–Crippen LogP) is 2.96. The van der Waals surface area contributed by atoms with Gasteiger partial charge in [0.1, 0.15) is 0 Å². The van der Waals surface area contributed by atoms with Crippen LogP contribution < -0.4 is 0 Å². The van der Waals surface area contributed by atoms with Gasteiger partial charge in [0, 0.05) is 35.8 Å². The van der Waals surface area contributed by atoms with Crippen LogP contribution in [0.25, 0.3) is 0 Å². The topological polar surface area (TPSA) is 6.48 Å². The Morgan fingerprint density at radius 2 is 1.89 bits per heavy atom. The normalized spacial score (nSPS) is 25.9.